The summed E-state index contributed by atoms with van der Waals surface area (Å²) < 4.78 is 5.27. The topological polar surface area (TPSA) is 45.2 Å². The van der Waals surface area contributed by atoms with Gasteiger partial charge in [0.2, 0.25) is 0 Å². The fraction of sp³-hybridized carbons (Fsp3) is 0.333. The molecular weight excluding hydrogens is 190 g/mol. The lowest BCUT2D eigenvalue weighted by Gasteiger charge is -2.04. The van der Waals surface area contributed by atoms with Gasteiger partial charge in [-0.3, -0.25) is 0 Å². The van der Waals surface area contributed by atoms with Crippen molar-refractivity contribution < 1.29 is 9.84 Å². The molecule has 0 unspecified atom stereocenters. The van der Waals surface area contributed by atoms with Gasteiger partial charge in [0.05, 0.1) is 13.7 Å². The van der Waals surface area contributed by atoms with Crippen LogP contribution in [0.1, 0.15) is 16.8 Å². The number of aliphatic hydroxyl groups excluding tert-OH is 1. The van der Waals surface area contributed by atoms with E-state index in [1.54, 1.807) is 7.11 Å². The molecule has 2 rings (SSSR count). The van der Waals surface area contributed by atoms with Crippen LogP contribution in [0.25, 0.3) is 10.9 Å². The monoisotopic (exact) mass is 205 g/mol. The maximum Gasteiger partial charge on any atom is 0.122 e. The molecule has 0 fully saturated rings. The zero-order valence-electron chi connectivity index (χ0n) is 9.22. The number of ether oxygens (including phenoxy) is 1. The van der Waals surface area contributed by atoms with E-state index in [-0.39, 0.29) is 6.61 Å². The average molecular weight is 205 g/mol. The second kappa shape index (κ2) is 3.59. The third-order valence-electron chi connectivity index (χ3n) is 2.84. The quantitative estimate of drug-likeness (QED) is 0.790. The second-order valence-corrected chi connectivity index (χ2v) is 3.75. The van der Waals surface area contributed by atoms with Gasteiger partial charge in [-0.05, 0) is 37.1 Å². The summed E-state index contributed by atoms with van der Waals surface area (Å²) in [7, 11) is 1.67. The number of aryl methyl sites for hydroxylation is 2. The highest BCUT2D eigenvalue weighted by atomic mass is 16.5. The Morgan fingerprint density at radius 1 is 1.33 bits per heavy atom. The predicted molar refractivity (Wildman–Crippen MR) is 60.2 cm³/mol. The van der Waals surface area contributed by atoms with Gasteiger partial charge in [-0.25, -0.2) is 0 Å². The number of rotatable bonds is 2. The fourth-order valence-corrected chi connectivity index (χ4v) is 1.90. The van der Waals surface area contributed by atoms with Crippen LogP contribution in [-0.4, -0.2) is 17.2 Å². The van der Waals surface area contributed by atoms with Crippen LogP contribution in [0.5, 0.6) is 5.75 Å². The first kappa shape index (κ1) is 10.1. The molecular formula is C12H15NO2. The van der Waals surface area contributed by atoms with Crippen molar-refractivity contribution in [1.82, 2.24) is 4.98 Å². The number of hydrogen-bond donors (Lipinski definition) is 2. The lowest BCUT2D eigenvalue weighted by atomic mass is 10.1. The molecule has 0 saturated heterocycles. The van der Waals surface area contributed by atoms with Crippen LogP contribution in [0.4, 0.5) is 0 Å². The second-order valence-electron chi connectivity index (χ2n) is 3.75. The van der Waals surface area contributed by atoms with Crippen LogP contribution in [0.3, 0.4) is 0 Å². The summed E-state index contributed by atoms with van der Waals surface area (Å²) in [4.78, 5) is 3.20. The molecule has 3 nitrogen and oxygen atoms in total. The van der Waals surface area contributed by atoms with Crippen molar-refractivity contribution in [1.29, 1.82) is 0 Å². The average Bonchev–Trinajstić information content (AvgIpc) is 2.54. The van der Waals surface area contributed by atoms with Crippen molar-refractivity contribution >= 4 is 10.9 Å². The van der Waals surface area contributed by atoms with Gasteiger partial charge in [-0.2, -0.15) is 0 Å². The van der Waals surface area contributed by atoms with Crippen molar-refractivity contribution in [3.8, 4) is 5.75 Å². The maximum atomic E-state index is 9.15. The van der Waals surface area contributed by atoms with E-state index in [0.29, 0.717) is 0 Å². The molecule has 0 saturated carbocycles. The molecule has 0 spiro atoms. The highest BCUT2D eigenvalue weighted by Crippen LogP contribution is 2.28. The third kappa shape index (κ3) is 1.49. The van der Waals surface area contributed by atoms with Crippen LogP contribution >= 0.6 is 0 Å². The van der Waals surface area contributed by atoms with Gasteiger partial charge in [0.25, 0.3) is 0 Å². The molecule has 0 atom stereocenters. The van der Waals surface area contributed by atoms with E-state index >= 15 is 0 Å². The molecule has 2 N–H and O–H groups in total. The minimum atomic E-state index is 0.0435. The highest BCUT2D eigenvalue weighted by Gasteiger charge is 2.09. The Bertz CT molecular complexity index is 500. The van der Waals surface area contributed by atoms with Gasteiger partial charge in [0.15, 0.2) is 0 Å². The molecule has 0 bridgehead atoms. The summed E-state index contributed by atoms with van der Waals surface area (Å²) >= 11 is 0. The number of nitrogens with one attached hydrogen (secondary N) is 1. The van der Waals surface area contributed by atoms with Crippen molar-refractivity contribution in [3.63, 3.8) is 0 Å². The minimum Gasteiger partial charge on any atom is -0.496 e. The third-order valence-corrected chi connectivity index (χ3v) is 2.84. The maximum absolute atomic E-state index is 9.15. The Labute approximate surface area is 88.7 Å². The van der Waals surface area contributed by atoms with Crippen molar-refractivity contribution in [2.24, 2.45) is 0 Å². The highest BCUT2D eigenvalue weighted by molar-refractivity contribution is 5.86. The first-order valence-electron chi connectivity index (χ1n) is 4.94. The smallest absolute Gasteiger partial charge is 0.122 e. The Morgan fingerprint density at radius 3 is 2.67 bits per heavy atom. The minimum absolute atomic E-state index is 0.0435. The van der Waals surface area contributed by atoms with Gasteiger partial charge in [0.1, 0.15) is 5.75 Å². The van der Waals surface area contributed by atoms with Crippen LogP contribution in [0.15, 0.2) is 12.1 Å². The molecule has 80 valence electrons. The Balaban J connectivity index is 2.74. The Hall–Kier alpha value is -1.48. The summed E-state index contributed by atoms with van der Waals surface area (Å²) in [6.45, 7) is 4.05. The molecule has 15 heavy (non-hydrogen) atoms. The van der Waals surface area contributed by atoms with Crippen LogP contribution in [0.2, 0.25) is 0 Å². The van der Waals surface area contributed by atoms with Crippen LogP contribution in [-0.2, 0) is 6.61 Å². The Kier molecular flexibility index (Phi) is 2.40. The van der Waals surface area contributed by atoms with E-state index in [0.717, 1.165) is 33.5 Å². The van der Waals surface area contributed by atoms with E-state index in [1.807, 2.05) is 26.0 Å². The van der Waals surface area contributed by atoms with E-state index in [4.69, 9.17) is 9.84 Å². The summed E-state index contributed by atoms with van der Waals surface area (Å²) in [5, 5.41) is 10.3. The standard InChI is InChI=1S/C12H15NO2/c1-7-4-10-9(5-12(7)15-3)8(2)11(6-14)13-10/h4-5,13-14H,6H2,1-3H3. The number of aliphatic hydroxyl groups is 1. The molecule has 1 aromatic carbocycles. The number of hydrogen-bond acceptors (Lipinski definition) is 2. The lowest BCUT2D eigenvalue weighted by molar-refractivity contribution is 0.277. The van der Waals surface area contributed by atoms with Gasteiger partial charge < -0.3 is 14.8 Å². The summed E-state index contributed by atoms with van der Waals surface area (Å²) in [6.07, 6.45) is 0. The number of aromatic nitrogens is 1. The van der Waals surface area contributed by atoms with Gasteiger partial charge in [-0.15, -0.1) is 0 Å². The molecule has 0 aliphatic carbocycles. The van der Waals surface area contributed by atoms with Crippen molar-refractivity contribution in [2.45, 2.75) is 20.5 Å². The van der Waals surface area contributed by atoms with Crippen LogP contribution < -0.4 is 4.74 Å². The van der Waals surface area contributed by atoms with Crippen molar-refractivity contribution in [3.05, 3.63) is 29.0 Å². The molecule has 0 amide bonds. The van der Waals surface area contributed by atoms with Crippen LogP contribution in [0, 0.1) is 13.8 Å². The summed E-state index contributed by atoms with van der Waals surface area (Å²) in [5.41, 5.74) is 4.11. The number of fused-ring (bicyclic) bond motifs is 1. The predicted octanol–water partition coefficient (Wildman–Crippen LogP) is 2.29. The Morgan fingerprint density at radius 2 is 2.07 bits per heavy atom. The van der Waals surface area contributed by atoms with Gasteiger partial charge in [0, 0.05) is 16.6 Å². The number of H-pyrrole nitrogens is 1. The van der Waals surface area contributed by atoms with Crippen molar-refractivity contribution in [2.75, 3.05) is 7.11 Å². The first-order valence-corrected chi connectivity index (χ1v) is 4.94. The summed E-state index contributed by atoms with van der Waals surface area (Å²) in [6, 6.07) is 4.05. The lowest BCUT2D eigenvalue weighted by Crippen LogP contribution is -1.86. The molecule has 0 aliphatic rings. The number of aromatic amines is 1. The fourth-order valence-electron chi connectivity index (χ4n) is 1.90. The normalized spacial score (nSPS) is 10.9. The molecule has 3 heteroatoms. The molecule has 1 aromatic heterocycles. The molecule has 1 heterocycles. The first-order chi connectivity index (χ1) is 7.17. The van der Waals surface area contributed by atoms with E-state index in [9.17, 15) is 0 Å². The SMILES string of the molecule is COc1cc2c(C)c(CO)[nH]c2cc1C. The number of methoxy groups -OCH3 is 1. The molecule has 0 radical (unpaired) electrons. The zero-order valence-corrected chi connectivity index (χ0v) is 9.22. The van der Waals surface area contributed by atoms with E-state index < -0.39 is 0 Å². The van der Waals surface area contributed by atoms with Gasteiger partial charge in [-0.1, -0.05) is 0 Å². The van der Waals surface area contributed by atoms with Gasteiger partial charge >= 0.3 is 0 Å². The van der Waals surface area contributed by atoms with E-state index in [2.05, 4.69) is 4.98 Å². The number of benzene rings is 1. The summed E-state index contributed by atoms with van der Waals surface area (Å²) in [5.74, 6) is 0.883. The molecule has 0 aliphatic heterocycles. The molecule has 2 aromatic rings. The zero-order chi connectivity index (χ0) is 11.0. The van der Waals surface area contributed by atoms with E-state index in [1.165, 1.54) is 0 Å². The largest absolute Gasteiger partial charge is 0.496 e.